The van der Waals surface area contributed by atoms with Crippen molar-refractivity contribution in [1.82, 2.24) is 24.4 Å². The van der Waals surface area contributed by atoms with Crippen LogP contribution < -0.4 is 16.1 Å². The second kappa shape index (κ2) is 7.43. The number of hydrogen-bond acceptors (Lipinski definition) is 7. The van der Waals surface area contributed by atoms with Crippen molar-refractivity contribution in [2.45, 2.75) is 31.7 Å². The third-order valence-electron chi connectivity index (χ3n) is 5.94. The van der Waals surface area contributed by atoms with Crippen LogP contribution in [0.15, 0.2) is 38.6 Å². The lowest BCUT2D eigenvalue weighted by Gasteiger charge is -2.34. The number of anilines is 1. The fourth-order valence-corrected chi connectivity index (χ4v) is 4.32. The van der Waals surface area contributed by atoms with Gasteiger partial charge in [0, 0.05) is 38.4 Å². The number of fused-ring (bicyclic) bond motifs is 1. The molecular weight excluding hydrogens is 388 g/mol. The molecule has 1 saturated carbocycles. The van der Waals surface area contributed by atoms with E-state index in [4.69, 9.17) is 4.42 Å². The molecule has 0 unspecified atom stereocenters. The molecule has 0 spiro atoms. The maximum absolute atomic E-state index is 12.9. The summed E-state index contributed by atoms with van der Waals surface area (Å²) in [6, 6.07) is 3.29. The summed E-state index contributed by atoms with van der Waals surface area (Å²) in [4.78, 5) is 53.0. The average molecular weight is 410 g/mol. The molecule has 2 aliphatic rings. The Morgan fingerprint density at radius 1 is 1.13 bits per heavy atom. The van der Waals surface area contributed by atoms with Gasteiger partial charge in [0.1, 0.15) is 5.39 Å². The number of nitrogens with zero attached hydrogens (tertiary/aromatic N) is 5. The number of hydrogen-bond donors (Lipinski definition) is 1. The highest BCUT2D eigenvalue weighted by molar-refractivity contribution is 5.91. The number of furan rings is 1. The van der Waals surface area contributed by atoms with Gasteiger partial charge in [0.05, 0.1) is 6.26 Å². The highest BCUT2D eigenvalue weighted by atomic mass is 16.3. The quantitative estimate of drug-likeness (QED) is 0.688. The molecule has 3 aromatic rings. The highest BCUT2D eigenvalue weighted by Crippen LogP contribution is 2.27. The maximum atomic E-state index is 12.9. The highest BCUT2D eigenvalue weighted by Gasteiger charge is 2.26. The third-order valence-corrected chi connectivity index (χ3v) is 5.94. The van der Waals surface area contributed by atoms with Gasteiger partial charge in [-0.25, -0.2) is 9.78 Å². The van der Waals surface area contributed by atoms with Crippen LogP contribution in [0.1, 0.15) is 42.3 Å². The van der Waals surface area contributed by atoms with Crippen LogP contribution in [0.2, 0.25) is 0 Å². The molecular formula is C20H22N6O4. The number of H-pyrrole nitrogens is 1. The zero-order chi connectivity index (χ0) is 20.7. The minimum absolute atomic E-state index is 0.0508. The lowest BCUT2D eigenvalue weighted by Crippen LogP contribution is -2.49. The summed E-state index contributed by atoms with van der Waals surface area (Å²) >= 11 is 0. The Morgan fingerprint density at radius 3 is 2.60 bits per heavy atom. The number of nitrogens with one attached hydrogen (secondary N) is 1. The van der Waals surface area contributed by atoms with Gasteiger partial charge in [-0.2, -0.15) is 4.98 Å². The Morgan fingerprint density at radius 2 is 1.90 bits per heavy atom. The van der Waals surface area contributed by atoms with Gasteiger partial charge < -0.3 is 14.2 Å². The number of rotatable bonds is 3. The van der Waals surface area contributed by atoms with E-state index in [0.29, 0.717) is 43.3 Å². The molecule has 1 aliphatic heterocycles. The molecule has 0 bridgehead atoms. The molecule has 0 atom stereocenters. The van der Waals surface area contributed by atoms with Gasteiger partial charge in [0.25, 0.3) is 11.5 Å². The van der Waals surface area contributed by atoms with E-state index in [1.54, 1.807) is 17.0 Å². The second-order valence-corrected chi connectivity index (χ2v) is 7.73. The Hall–Kier alpha value is -3.43. The zero-order valence-electron chi connectivity index (χ0n) is 16.4. The molecule has 0 aromatic carbocycles. The summed E-state index contributed by atoms with van der Waals surface area (Å²) in [7, 11) is 0. The molecule has 1 N–H and O–H groups in total. The average Bonchev–Trinajstić information content (AvgIpc) is 3.47. The molecule has 156 valence electrons. The molecule has 4 heterocycles. The molecule has 5 rings (SSSR count). The van der Waals surface area contributed by atoms with Crippen LogP contribution in [-0.4, -0.2) is 56.5 Å². The number of carbonyl (C=O) groups is 1. The SMILES string of the molecule is O=C(c1ccco1)N1CCN(c2ncc3c(=O)n(C4CCCC4)c(=O)[nH]c3n2)CC1. The van der Waals surface area contributed by atoms with Crippen LogP contribution in [0.3, 0.4) is 0 Å². The van der Waals surface area contributed by atoms with Gasteiger partial charge in [-0.15, -0.1) is 0 Å². The standard InChI is InChI=1S/C20H22N6O4/c27-17-14-12-21-19(22-16(14)23-20(29)26(17)13-4-1-2-5-13)25-9-7-24(8-10-25)18(28)15-6-3-11-30-15/h3,6,11-13H,1-2,4-5,7-10H2,(H,21,22,23,29). The molecule has 30 heavy (non-hydrogen) atoms. The summed E-state index contributed by atoms with van der Waals surface area (Å²) < 4.78 is 6.50. The van der Waals surface area contributed by atoms with Gasteiger partial charge in [0.2, 0.25) is 5.95 Å². The lowest BCUT2D eigenvalue weighted by molar-refractivity contribution is 0.0714. The van der Waals surface area contributed by atoms with Gasteiger partial charge >= 0.3 is 5.69 Å². The van der Waals surface area contributed by atoms with Gasteiger partial charge in [0.15, 0.2) is 11.4 Å². The Bertz CT molecular complexity index is 1180. The van der Waals surface area contributed by atoms with E-state index in [1.165, 1.54) is 17.0 Å². The van der Waals surface area contributed by atoms with Crippen LogP contribution in [0, 0.1) is 0 Å². The molecule has 1 aliphatic carbocycles. The first kappa shape index (κ1) is 18.6. The van der Waals surface area contributed by atoms with E-state index in [-0.39, 0.29) is 23.2 Å². The molecule has 2 fully saturated rings. The number of aromatic nitrogens is 4. The van der Waals surface area contributed by atoms with Gasteiger partial charge in [-0.3, -0.25) is 19.1 Å². The number of aromatic amines is 1. The number of amides is 1. The van der Waals surface area contributed by atoms with Gasteiger partial charge in [-0.1, -0.05) is 12.8 Å². The summed E-state index contributed by atoms with van der Waals surface area (Å²) in [5.74, 6) is 0.610. The normalized spacial score (nSPS) is 17.7. The van der Waals surface area contributed by atoms with E-state index < -0.39 is 5.69 Å². The predicted molar refractivity (Wildman–Crippen MR) is 109 cm³/mol. The van der Waals surface area contributed by atoms with Crippen LogP contribution >= 0.6 is 0 Å². The van der Waals surface area contributed by atoms with Crippen molar-refractivity contribution in [2.75, 3.05) is 31.1 Å². The maximum Gasteiger partial charge on any atom is 0.330 e. The van der Waals surface area contributed by atoms with Crippen LogP contribution in [0.5, 0.6) is 0 Å². The summed E-state index contributed by atoms with van der Waals surface area (Å²) in [5, 5.41) is 0.317. The topological polar surface area (TPSA) is 117 Å². The van der Waals surface area contributed by atoms with Crippen LogP contribution in [-0.2, 0) is 0 Å². The van der Waals surface area contributed by atoms with Crippen molar-refractivity contribution in [1.29, 1.82) is 0 Å². The Labute approximate surface area is 171 Å². The molecule has 1 amide bonds. The fraction of sp³-hybridized carbons (Fsp3) is 0.450. The lowest BCUT2D eigenvalue weighted by atomic mass is 10.2. The minimum atomic E-state index is -0.419. The molecule has 1 saturated heterocycles. The molecule has 3 aromatic heterocycles. The van der Waals surface area contributed by atoms with Crippen LogP contribution in [0.4, 0.5) is 5.95 Å². The van der Waals surface area contributed by atoms with Crippen molar-refractivity contribution in [3.05, 3.63) is 51.2 Å². The first-order chi connectivity index (χ1) is 14.6. The Kier molecular flexibility index (Phi) is 4.61. The van der Waals surface area contributed by atoms with E-state index in [1.807, 2.05) is 4.90 Å². The zero-order valence-corrected chi connectivity index (χ0v) is 16.4. The summed E-state index contributed by atoms with van der Waals surface area (Å²) in [5.41, 5.74) is -0.502. The predicted octanol–water partition coefficient (Wildman–Crippen LogP) is 1.15. The second-order valence-electron chi connectivity index (χ2n) is 7.73. The first-order valence-electron chi connectivity index (χ1n) is 10.2. The molecule has 10 heteroatoms. The van der Waals surface area contributed by atoms with Crippen LogP contribution in [0.25, 0.3) is 11.0 Å². The van der Waals surface area contributed by atoms with E-state index in [2.05, 4.69) is 15.0 Å². The van der Waals surface area contributed by atoms with E-state index >= 15 is 0 Å². The third kappa shape index (κ3) is 3.17. The monoisotopic (exact) mass is 410 g/mol. The summed E-state index contributed by atoms with van der Waals surface area (Å²) in [6.07, 6.45) is 6.70. The smallest absolute Gasteiger partial charge is 0.330 e. The van der Waals surface area contributed by atoms with E-state index in [0.717, 1.165) is 25.7 Å². The van der Waals surface area contributed by atoms with Gasteiger partial charge in [-0.05, 0) is 25.0 Å². The summed E-state index contributed by atoms with van der Waals surface area (Å²) in [6.45, 7) is 2.09. The largest absolute Gasteiger partial charge is 0.459 e. The van der Waals surface area contributed by atoms with Crippen molar-refractivity contribution in [3.63, 3.8) is 0 Å². The fourth-order valence-electron chi connectivity index (χ4n) is 4.32. The number of piperazine rings is 1. The van der Waals surface area contributed by atoms with Crippen molar-refractivity contribution < 1.29 is 9.21 Å². The minimum Gasteiger partial charge on any atom is -0.459 e. The van der Waals surface area contributed by atoms with E-state index in [9.17, 15) is 14.4 Å². The Balaban J connectivity index is 1.37. The molecule has 10 nitrogen and oxygen atoms in total. The first-order valence-corrected chi connectivity index (χ1v) is 10.2. The van der Waals surface area contributed by atoms with Crippen molar-refractivity contribution >= 4 is 22.9 Å². The van der Waals surface area contributed by atoms with Crippen molar-refractivity contribution in [3.8, 4) is 0 Å². The molecule has 0 radical (unpaired) electrons. The number of carbonyl (C=O) groups excluding carboxylic acids is 1. The van der Waals surface area contributed by atoms with Crippen molar-refractivity contribution in [2.24, 2.45) is 0 Å².